The maximum Gasteiger partial charge on any atom is 0.0366 e. The first-order chi connectivity index (χ1) is 6.81. The van der Waals surface area contributed by atoms with Gasteiger partial charge in [-0.3, -0.25) is 0 Å². The van der Waals surface area contributed by atoms with Gasteiger partial charge in [0, 0.05) is 18.8 Å². The van der Waals surface area contributed by atoms with E-state index in [2.05, 4.69) is 49.9 Å². The fraction of sp³-hybridized carbons (Fsp3) is 0.308. The third-order valence-corrected chi connectivity index (χ3v) is 2.33. The summed E-state index contributed by atoms with van der Waals surface area (Å²) in [5, 5.41) is 0. The van der Waals surface area contributed by atoms with Crippen molar-refractivity contribution in [1.82, 2.24) is 0 Å². The number of benzene rings is 1. The van der Waals surface area contributed by atoms with Crippen LogP contribution in [0.5, 0.6) is 0 Å². The average molecular weight is 188 g/mol. The van der Waals surface area contributed by atoms with Crippen molar-refractivity contribution in [3.05, 3.63) is 42.8 Å². The van der Waals surface area contributed by atoms with Crippen LogP contribution in [0.3, 0.4) is 0 Å². The van der Waals surface area contributed by atoms with Crippen LogP contribution in [-0.2, 0) is 0 Å². The van der Waals surface area contributed by atoms with E-state index in [1.165, 1.54) is 11.3 Å². The van der Waals surface area contributed by atoms with Gasteiger partial charge in [0.2, 0.25) is 0 Å². The Morgan fingerprint density at radius 2 is 1.71 bits per heavy atom. The predicted octanol–water partition coefficient (Wildman–Crippen LogP) is 3.38. The van der Waals surface area contributed by atoms with Crippen molar-refractivity contribution in [1.29, 1.82) is 0 Å². The Bertz CT molecular complexity index is 281. The van der Waals surface area contributed by atoms with Gasteiger partial charge in [-0.15, -0.1) is 0 Å². The summed E-state index contributed by atoms with van der Waals surface area (Å²) in [4.78, 5) is 2.33. The van der Waals surface area contributed by atoms with Crippen molar-refractivity contribution in [2.75, 3.05) is 18.0 Å². The van der Waals surface area contributed by atoms with Crippen LogP contribution >= 0.6 is 0 Å². The SMILES string of the molecule is [CH2]/C=C/c1ccc(N(CC)CC)cc1. The maximum absolute atomic E-state index is 3.68. The Balaban J connectivity index is 2.81. The van der Waals surface area contributed by atoms with Gasteiger partial charge in [-0.1, -0.05) is 24.3 Å². The molecule has 1 aromatic rings. The summed E-state index contributed by atoms with van der Waals surface area (Å²) in [5.74, 6) is 0. The smallest absolute Gasteiger partial charge is 0.0366 e. The lowest BCUT2D eigenvalue weighted by molar-refractivity contribution is 0.866. The molecule has 1 nitrogen and oxygen atoms in total. The molecule has 0 atom stereocenters. The van der Waals surface area contributed by atoms with Crippen molar-refractivity contribution in [3.8, 4) is 0 Å². The number of allylic oxidation sites excluding steroid dienone is 1. The van der Waals surface area contributed by atoms with Crippen LogP contribution < -0.4 is 4.90 Å². The van der Waals surface area contributed by atoms with Crippen molar-refractivity contribution in [2.45, 2.75) is 13.8 Å². The summed E-state index contributed by atoms with van der Waals surface area (Å²) >= 11 is 0. The van der Waals surface area contributed by atoms with E-state index >= 15 is 0 Å². The molecule has 0 aliphatic heterocycles. The highest BCUT2D eigenvalue weighted by molar-refractivity contribution is 5.56. The third kappa shape index (κ3) is 2.63. The molecule has 0 saturated heterocycles. The van der Waals surface area contributed by atoms with Gasteiger partial charge in [0.15, 0.2) is 0 Å². The Hall–Kier alpha value is -1.24. The first-order valence-electron chi connectivity index (χ1n) is 5.12. The fourth-order valence-electron chi connectivity index (χ4n) is 1.52. The molecule has 0 fully saturated rings. The molecule has 1 rings (SSSR count). The van der Waals surface area contributed by atoms with Crippen LogP contribution in [0.4, 0.5) is 5.69 Å². The van der Waals surface area contributed by atoms with Crippen molar-refractivity contribution < 1.29 is 0 Å². The predicted molar refractivity (Wildman–Crippen MR) is 64.4 cm³/mol. The summed E-state index contributed by atoms with van der Waals surface area (Å²) in [6, 6.07) is 8.55. The molecule has 75 valence electrons. The fourth-order valence-corrected chi connectivity index (χ4v) is 1.52. The van der Waals surface area contributed by atoms with Gasteiger partial charge in [-0.25, -0.2) is 0 Å². The minimum atomic E-state index is 1.06. The molecule has 0 spiro atoms. The van der Waals surface area contributed by atoms with Crippen LogP contribution in [0, 0.1) is 6.92 Å². The highest BCUT2D eigenvalue weighted by atomic mass is 15.1. The van der Waals surface area contributed by atoms with Crippen LogP contribution in [0.25, 0.3) is 6.08 Å². The van der Waals surface area contributed by atoms with Crippen LogP contribution in [0.1, 0.15) is 19.4 Å². The zero-order valence-corrected chi connectivity index (χ0v) is 9.03. The maximum atomic E-state index is 3.68. The van der Waals surface area contributed by atoms with E-state index in [0.29, 0.717) is 0 Å². The van der Waals surface area contributed by atoms with Gasteiger partial charge in [-0.2, -0.15) is 0 Å². The zero-order chi connectivity index (χ0) is 10.4. The minimum absolute atomic E-state index is 1.06. The quantitative estimate of drug-likeness (QED) is 0.700. The van der Waals surface area contributed by atoms with Gasteiger partial charge in [0.1, 0.15) is 0 Å². The van der Waals surface area contributed by atoms with Crippen molar-refractivity contribution >= 4 is 11.8 Å². The van der Waals surface area contributed by atoms with Crippen molar-refractivity contribution in [3.63, 3.8) is 0 Å². The molecule has 14 heavy (non-hydrogen) atoms. The lowest BCUT2D eigenvalue weighted by atomic mass is 10.2. The van der Waals surface area contributed by atoms with E-state index < -0.39 is 0 Å². The molecular formula is C13H18N. The number of hydrogen-bond acceptors (Lipinski definition) is 1. The Labute approximate surface area is 87.1 Å². The van der Waals surface area contributed by atoms with E-state index in [4.69, 9.17) is 0 Å². The zero-order valence-electron chi connectivity index (χ0n) is 9.03. The summed E-state index contributed by atoms with van der Waals surface area (Å²) in [7, 11) is 0. The molecule has 0 aliphatic carbocycles. The van der Waals surface area contributed by atoms with Gasteiger partial charge in [-0.05, 0) is 38.5 Å². The van der Waals surface area contributed by atoms with Gasteiger partial charge < -0.3 is 4.90 Å². The summed E-state index contributed by atoms with van der Waals surface area (Å²) in [5.41, 5.74) is 2.49. The van der Waals surface area contributed by atoms with Crippen LogP contribution in [0.15, 0.2) is 30.3 Å². The second kappa shape index (κ2) is 5.48. The molecule has 1 heteroatoms. The molecule has 0 saturated carbocycles. The van der Waals surface area contributed by atoms with Gasteiger partial charge >= 0.3 is 0 Å². The highest BCUT2D eigenvalue weighted by Crippen LogP contribution is 2.15. The van der Waals surface area contributed by atoms with E-state index in [1.54, 1.807) is 0 Å². The van der Waals surface area contributed by atoms with Crippen LogP contribution in [-0.4, -0.2) is 13.1 Å². The number of anilines is 1. The Kier molecular flexibility index (Phi) is 4.24. The molecule has 0 amide bonds. The second-order valence-electron chi connectivity index (χ2n) is 3.17. The number of rotatable bonds is 4. The Morgan fingerprint density at radius 3 is 2.14 bits per heavy atom. The molecule has 0 aromatic heterocycles. The molecule has 0 heterocycles. The summed E-state index contributed by atoms with van der Waals surface area (Å²) in [6.07, 6.45) is 3.82. The highest BCUT2D eigenvalue weighted by Gasteiger charge is 1.99. The summed E-state index contributed by atoms with van der Waals surface area (Å²) in [6.45, 7) is 10.1. The number of nitrogens with zero attached hydrogens (tertiary/aromatic N) is 1. The topological polar surface area (TPSA) is 3.24 Å². The standard InChI is InChI=1S/C13H18N/c1-4-7-12-8-10-13(11-9-12)14(5-2)6-3/h4,7-11H,1,5-6H2,2-3H3/b7-4+. The average Bonchev–Trinajstić information content (AvgIpc) is 2.23. The van der Waals surface area contributed by atoms with Gasteiger partial charge in [0.25, 0.3) is 0 Å². The normalized spacial score (nSPS) is 10.8. The second-order valence-corrected chi connectivity index (χ2v) is 3.17. The molecule has 1 radical (unpaired) electrons. The Morgan fingerprint density at radius 1 is 1.14 bits per heavy atom. The first kappa shape index (κ1) is 10.8. The first-order valence-corrected chi connectivity index (χ1v) is 5.12. The van der Waals surface area contributed by atoms with E-state index in [1.807, 2.05) is 12.2 Å². The molecule has 1 aromatic carbocycles. The molecule has 0 bridgehead atoms. The van der Waals surface area contributed by atoms with E-state index in [-0.39, 0.29) is 0 Å². The lowest BCUT2D eigenvalue weighted by Crippen LogP contribution is -2.21. The van der Waals surface area contributed by atoms with Gasteiger partial charge in [0.05, 0.1) is 0 Å². The summed E-state index contributed by atoms with van der Waals surface area (Å²) < 4.78 is 0. The largest absolute Gasteiger partial charge is 0.372 e. The molecular weight excluding hydrogens is 170 g/mol. The van der Waals surface area contributed by atoms with E-state index in [9.17, 15) is 0 Å². The van der Waals surface area contributed by atoms with Crippen LogP contribution in [0.2, 0.25) is 0 Å². The third-order valence-electron chi connectivity index (χ3n) is 2.33. The minimum Gasteiger partial charge on any atom is -0.372 e. The molecule has 0 N–H and O–H groups in total. The monoisotopic (exact) mass is 188 g/mol. The van der Waals surface area contributed by atoms with E-state index in [0.717, 1.165) is 13.1 Å². The number of hydrogen-bond donors (Lipinski definition) is 0. The van der Waals surface area contributed by atoms with Crippen molar-refractivity contribution in [2.24, 2.45) is 0 Å². The lowest BCUT2D eigenvalue weighted by Gasteiger charge is -2.20. The molecule has 0 unspecified atom stereocenters. The molecule has 0 aliphatic rings.